The number of aliphatic hydroxyl groups is 1. The molecule has 1 fully saturated rings. The van der Waals surface area contributed by atoms with Crippen LogP contribution in [0.1, 0.15) is 47.5 Å². The van der Waals surface area contributed by atoms with Gasteiger partial charge in [-0.05, 0) is 34.1 Å². The maximum Gasteiger partial charge on any atom is 0.411 e. The molecule has 2 N–H and O–H groups in total. The molecule has 0 aromatic rings. The zero-order valence-corrected chi connectivity index (χ0v) is 12.2. The molecule has 1 amide bonds. The van der Waals surface area contributed by atoms with E-state index in [0.29, 0.717) is 6.42 Å². The predicted molar refractivity (Wildman–Crippen MR) is 68.8 cm³/mol. The van der Waals surface area contributed by atoms with Gasteiger partial charge in [-0.3, -0.25) is 4.90 Å². The van der Waals surface area contributed by atoms with E-state index in [1.807, 2.05) is 0 Å². The van der Waals surface area contributed by atoms with Gasteiger partial charge in [0.15, 0.2) is 0 Å². The number of amides is 1. The summed E-state index contributed by atoms with van der Waals surface area (Å²) in [5, 5.41) is 19.6. The Kier molecular flexibility index (Phi) is 3.87. The van der Waals surface area contributed by atoms with Crippen LogP contribution in [-0.4, -0.2) is 50.5 Å². The summed E-state index contributed by atoms with van der Waals surface area (Å²) in [5.41, 5.74) is -3.32. The highest BCUT2D eigenvalue weighted by Crippen LogP contribution is 2.38. The van der Waals surface area contributed by atoms with Crippen molar-refractivity contribution in [2.45, 2.75) is 64.2 Å². The zero-order valence-electron chi connectivity index (χ0n) is 12.2. The number of ether oxygens (including phenoxy) is 1. The van der Waals surface area contributed by atoms with E-state index in [-0.39, 0.29) is 13.0 Å². The lowest BCUT2D eigenvalue weighted by Gasteiger charge is -2.32. The number of carboxylic acids is 1. The monoisotopic (exact) mass is 273 g/mol. The van der Waals surface area contributed by atoms with Crippen LogP contribution >= 0.6 is 0 Å². The molecule has 0 bridgehead atoms. The quantitative estimate of drug-likeness (QED) is 0.798. The molecule has 0 aliphatic carbocycles. The van der Waals surface area contributed by atoms with E-state index < -0.39 is 28.8 Å². The molecule has 1 rings (SSSR count). The second-order valence-electron chi connectivity index (χ2n) is 6.40. The smallest absolute Gasteiger partial charge is 0.411 e. The first kappa shape index (κ1) is 15.8. The van der Waals surface area contributed by atoms with E-state index in [2.05, 4.69) is 0 Å². The van der Waals surface area contributed by atoms with E-state index in [1.165, 1.54) is 6.92 Å². The van der Waals surface area contributed by atoms with Gasteiger partial charge in [0.25, 0.3) is 0 Å². The van der Waals surface area contributed by atoms with Gasteiger partial charge in [-0.15, -0.1) is 0 Å². The predicted octanol–water partition coefficient (Wildman–Crippen LogP) is 1.61. The Hall–Kier alpha value is -1.30. The first-order chi connectivity index (χ1) is 8.43. The molecule has 2 atom stereocenters. The largest absolute Gasteiger partial charge is 0.480 e. The number of hydrogen-bond acceptors (Lipinski definition) is 4. The van der Waals surface area contributed by atoms with Gasteiger partial charge < -0.3 is 14.9 Å². The summed E-state index contributed by atoms with van der Waals surface area (Å²) >= 11 is 0. The molecule has 0 saturated carbocycles. The summed E-state index contributed by atoms with van der Waals surface area (Å²) in [5.74, 6) is -1.14. The van der Waals surface area contributed by atoms with Crippen LogP contribution in [0.5, 0.6) is 0 Å². The maximum absolute atomic E-state index is 12.1. The summed E-state index contributed by atoms with van der Waals surface area (Å²) in [4.78, 5) is 24.7. The molecule has 1 saturated heterocycles. The van der Waals surface area contributed by atoms with Crippen molar-refractivity contribution in [3.63, 3.8) is 0 Å². The van der Waals surface area contributed by atoms with Crippen molar-refractivity contribution in [2.24, 2.45) is 0 Å². The second-order valence-corrected chi connectivity index (χ2v) is 6.40. The molecule has 1 aliphatic heterocycles. The van der Waals surface area contributed by atoms with Crippen molar-refractivity contribution >= 4 is 12.1 Å². The highest BCUT2D eigenvalue weighted by atomic mass is 16.6. The van der Waals surface area contributed by atoms with Crippen LogP contribution in [0.15, 0.2) is 0 Å². The lowest BCUT2D eigenvalue weighted by molar-refractivity contribution is -0.148. The number of aliphatic carboxylic acids is 1. The minimum atomic E-state index is -1.44. The third-order valence-electron chi connectivity index (χ3n) is 3.45. The van der Waals surface area contributed by atoms with Gasteiger partial charge in [-0.25, -0.2) is 9.59 Å². The van der Waals surface area contributed by atoms with Crippen molar-refractivity contribution in [3.8, 4) is 0 Å². The van der Waals surface area contributed by atoms with Gasteiger partial charge in [0.1, 0.15) is 11.1 Å². The molecule has 1 heterocycles. The Bertz CT molecular complexity index is 389. The Balaban J connectivity index is 3.03. The standard InChI is InChI=1S/C13H23NO5/c1-6-13(18)7-12(5,9(15)16)14(8-13)10(17)19-11(2,3)4/h18H,6-8H2,1-5H3,(H,15,16)/t12-,13?/m0/s1. The average Bonchev–Trinajstić information content (AvgIpc) is 2.51. The number of nitrogens with zero attached hydrogens (tertiary/aromatic N) is 1. The third kappa shape index (κ3) is 3.18. The van der Waals surface area contributed by atoms with Crippen LogP contribution in [0.2, 0.25) is 0 Å². The normalized spacial score (nSPS) is 31.4. The minimum absolute atomic E-state index is 0.00504. The molecule has 0 aromatic carbocycles. The number of likely N-dealkylation sites (tertiary alicyclic amines) is 1. The highest BCUT2D eigenvalue weighted by molar-refractivity contribution is 5.85. The van der Waals surface area contributed by atoms with Crippen LogP contribution in [0.25, 0.3) is 0 Å². The molecule has 1 aliphatic rings. The maximum atomic E-state index is 12.1. The van der Waals surface area contributed by atoms with Gasteiger partial charge in [0, 0.05) is 6.42 Å². The molecule has 0 radical (unpaired) electrons. The van der Waals surface area contributed by atoms with Gasteiger partial charge in [0.05, 0.1) is 12.1 Å². The molecule has 6 nitrogen and oxygen atoms in total. The molecular weight excluding hydrogens is 250 g/mol. The number of carboxylic acid groups (broad SMARTS) is 1. The first-order valence-electron chi connectivity index (χ1n) is 6.40. The summed E-state index contributed by atoms with van der Waals surface area (Å²) in [6.45, 7) is 8.32. The van der Waals surface area contributed by atoms with Crippen LogP contribution in [-0.2, 0) is 9.53 Å². The van der Waals surface area contributed by atoms with Crippen molar-refractivity contribution in [1.82, 2.24) is 4.90 Å². The Morgan fingerprint density at radius 2 is 1.89 bits per heavy atom. The average molecular weight is 273 g/mol. The van der Waals surface area contributed by atoms with Crippen molar-refractivity contribution in [3.05, 3.63) is 0 Å². The van der Waals surface area contributed by atoms with E-state index in [4.69, 9.17) is 4.74 Å². The zero-order chi connectivity index (χ0) is 15.1. The fourth-order valence-electron chi connectivity index (χ4n) is 2.27. The summed E-state index contributed by atoms with van der Waals surface area (Å²) in [6.07, 6.45) is -0.318. The second kappa shape index (κ2) is 4.67. The van der Waals surface area contributed by atoms with Crippen molar-refractivity contribution in [1.29, 1.82) is 0 Å². The molecule has 1 unspecified atom stereocenters. The number of carbonyl (C=O) groups is 2. The van der Waals surface area contributed by atoms with Crippen molar-refractivity contribution < 1.29 is 24.5 Å². The molecular formula is C13H23NO5. The summed E-state index contributed by atoms with van der Waals surface area (Å²) in [7, 11) is 0. The van der Waals surface area contributed by atoms with Gasteiger partial charge in [-0.1, -0.05) is 6.92 Å². The van der Waals surface area contributed by atoms with Gasteiger partial charge >= 0.3 is 12.1 Å². The van der Waals surface area contributed by atoms with Crippen LogP contribution in [0.3, 0.4) is 0 Å². The molecule has 110 valence electrons. The Labute approximate surface area is 113 Å². The lowest BCUT2D eigenvalue weighted by Crippen LogP contribution is -2.52. The SMILES string of the molecule is CCC1(O)CN(C(=O)OC(C)(C)C)[C@](C)(C(=O)O)C1. The number of rotatable bonds is 2. The minimum Gasteiger partial charge on any atom is -0.480 e. The van der Waals surface area contributed by atoms with Gasteiger partial charge in [-0.2, -0.15) is 0 Å². The third-order valence-corrected chi connectivity index (χ3v) is 3.45. The van der Waals surface area contributed by atoms with E-state index in [9.17, 15) is 19.8 Å². The van der Waals surface area contributed by atoms with Crippen LogP contribution in [0, 0.1) is 0 Å². The van der Waals surface area contributed by atoms with E-state index in [0.717, 1.165) is 4.90 Å². The number of hydrogen-bond donors (Lipinski definition) is 2. The first-order valence-corrected chi connectivity index (χ1v) is 6.40. The van der Waals surface area contributed by atoms with Crippen LogP contribution in [0.4, 0.5) is 4.79 Å². The Morgan fingerprint density at radius 1 is 1.37 bits per heavy atom. The van der Waals surface area contributed by atoms with E-state index in [1.54, 1.807) is 27.7 Å². The number of β-amino-alcohol motifs (C(OH)–C–C–N with tert-alkyl or cyclic N) is 1. The lowest BCUT2D eigenvalue weighted by atomic mass is 9.90. The molecule has 0 aromatic heterocycles. The fourth-order valence-corrected chi connectivity index (χ4v) is 2.27. The topological polar surface area (TPSA) is 87.1 Å². The molecule has 0 spiro atoms. The van der Waals surface area contributed by atoms with Gasteiger partial charge in [0.2, 0.25) is 0 Å². The van der Waals surface area contributed by atoms with E-state index >= 15 is 0 Å². The highest BCUT2D eigenvalue weighted by Gasteiger charge is 2.56. The fraction of sp³-hybridized carbons (Fsp3) is 0.846. The van der Waals surface area contributed by atoms with Crippen molar-refractivity contribution in [2.75, 3.05) is 6.54 Å². The molecule has 19 heavy (non-hydrogen) atoms. The summed E-state index contributed by atoms with van der Waals surface area (Å²) in [6, 6.07) is 0. The molecule has 6 heteroatoms. The number of carbonyl (C=O) groups excluding carboxylic acids is 1. The Morgan fingerprint density at radius 3 is 2.26 bits per heavy atom. The summed E-state index contributed by atoms with van der Waals surface area (Å²) < 4.78 is 5.22. The van der Waals surface area contributed by atoms with Crippen LogP contribution < -0.4 is 0 Å².